The molecule has 0 radical (unpaired) electrons. The third kappa shape index (κ3) is 4.35. The number of nitrogens with zero attached hydrogens (tertiary/aromatic N) is 2. The second-order valence-electron chi connectivity index (χ2n) is 4.96. The SMILES string of the molecule is CC(C)CC(NC(=O)C1=NN(C)C(=O)CC1)C(=O)O. The summed E-state index contributed by atoms with van der Waals surface area (Å²) in [6.45, 7) is 3.76. The molecule has 7 heteroatoms. The third-order valence-electron chi connectivity index (χ3n) is 2.78. The van der Waals surface area contributed by atoms with Gasteiger partial charge >= 0.3 is 5.97 Å². The number of carbonyl (C=O) groups excluding carboxylic acids is 2. The van der Waals surface area contributed by atoms with Crippen molar-refractivity contribution in [3.05, 3.63) is 0 Å². The van der Waals surface area contributed by atoms with Crippen molar-refractivity contribution in [2.45, 2.75) is 39.2 Å². The average molecular weight is 269 g/mol. The van der Waals surface area contributed by atoms with E-state index >= 15 is 0 Å². The molecule has 0 bridgehead atoms. The Morgan fingerprint density at radius 2 is 2.05 bits per heavy atom. The Labute approximate surface area is 111 Å². The summed E-state index contributed by atoms with van der Waals surface area (Å²) < 4.78 is 0. The number of amides is 2. The standard InChI is InChI=1S/C12H19N3O4/c1-7(2)6-9(12(18)19)13-11(17)8-4-5-10(16)15(3)14-8/h7,9H,4-6H2,1-3H3,(H,13,17)(H,18,19). The van der Waals surface area contributed by atoms with Crippen LogP contribution in [0.15, 0.2) is 5.10 Å². The summed E-state index contributed by atoms with van der Waals surface area (Å²) in [4.78, 5) is 34.2. The molecule has 0 aromatic heterocycles. The van der Waals surface area contributed by atoms with Gasteiger partial charge in [-0.05, 0) is 12.3 Å². The van der Waals surface area contributed by atoms with Crippen molar-refractivity contribution < 1.29 is 19.5 Å². The van der Waals surface area contributed by atoms with Gasteiger partial charge in [0.2, 0.25) is 5.91 Å². The van der Waals surface area contributed by atoms with Crippen molar-refractivity contribution in [1.82, 2.24) is 10.3 Å². The first-order chi connectivity index (χ1) is 8.81. The number of nitrogens with one attached hydrogen (secondary N) is 1. The Kier molecular flexibility index (Phi) is 5.02. The number of hydrogen-bond acceptors (Lipinski definition) is 4. The fourth-order valence-electron chi connectivity index (χ4n) is 1.77. The first-order valence-electron chi connectivity index (χ1n) is 6.19. The van der Waals surface area contributed by atoms with Gasteiger partial charge in [-0.1, -0.05) is 13.8 Å². The minimum Gasteiger partial charge on any atom is -0.480 e. The van der Waals surface area contributed by atoms with Crippen molar-refractivity contribution in [3.63, 3.8) is 0 Å². The Morgan fingerprint density at radius 1 is 1.42 bits per heavy atom. The summed E-state index contributed by atoms with van der Waals surface area (Å²) in [5.74, 6) is -1.59. The highest BCUT2D eigenvalue weighted by Gasteiger charge is 2.26. The number of aliphatic carboxylic acids is 1. The maximum atomic E-state index is 11.9. The number of carboxylic acids is 1. The molecule has 0 saturated carbocycles. The van der Waals surface area contributed by atoms with Gasteiger partial charge in [-0.2, -0.15) is 5.10 Å². The molecule has 1 unspecified atom stereocenters. The van der Waals surface area contributed by atoms with Gasteiger partial charge in [0, 0.05) is 19.9 Å². The van der Waals surface area contributed by atoms with Crippen molar-refractivity contribution in [3.8, 4) is 0 Å². The highest BCUT2D eigenvalue weighted by Crippen LogP contribution is 2.09. The number of hydrazone groups is 1. The predicted octanol–water partition coefficient (Wildman–Crippen LogP) is 0.210. The molecule has 0 fully saturated rings. The normalized spacial score (nSPS) is 17.2. The second kappa shape index (κ2) is 6.31. The molecule has 7 nitrogen and oxygen atoms in total. The monoisotopic (exact) mass is 269 g/mol. The topological polar surface area (TPSA) is 99.1 Å². The molecule has 0 aromatic rings. The van der Waals surface area contributed by atoms with E-state index in [4.69, 9.17) is 5.11 Å². The first-order valence-corrected chi connectivity index (χ1v) is 6.19. The predicted molar refractivity (Wildman–Crippen MR) is 68.5 cm³/mol. The quantitative estimate of drug-likeness (QED) is 0.745. The van der Waals surface area contributed by atoms with Crippen molar-refractivity contribution in [2.24, 2.45) is 11.0 Å². The van der Waals surface area contributed by atoms with Gasteiger partial charge in [0.05, 0.1) is 0 Å². The maximum Gasteiger partial charge on any atom is 0.326 e. The molecule has 1 aliphatic heterocycles. The molecule has 2 N–H and O–H groups in total. The van der Waals surface area contributed by atoms with Gasteiger partial charge in [0.25, 0.3) is 5.91 Å². The second-order valence-corrected chi connectivity index (χ2v) is 4.96. The van der Waals surface area contributed by atoms with E-state index in [0.717, 1.165) is 5.01 Å². The van der Waals surface area contributed by atoms with Crippen LogP contribution in [0.3, 0.4) is 0 Å². The van der Waals surface area contributed by atoms with E-state index in [1.807, 2.05) is 13.8 Å². The lowest BCUT2D eigenvalue weighted by Gasteiger charge is -2.21. The number of rotatable bonds is 5. The largest absolute Gasteiger partial charge is 0.480 e. The van der Waals surface area contributed by atoms with Crippen LogP contribution in [0.5, 0.6) is 0 Å². The summed E-state index contributed by atoms with van der Waals surface area (Å²) in [6, 6.07) is -0.932. The molecule has 0 saturated heterocycles. The Morgan fingerprint density at radius 3 is 2.53 bits per heavy atom. The summed E-state index contributed by atoms with van der Waals surface area (Å²) >= 11 is 0. The highest BCUT2D eigenvalue weighted by atomic mass is 16.4. The van der Waals surface area contributed by atoms with Gasteiger partial charge < -0.3 is 10.4 Å². The van der Waals surface area contributed by atoms with Crippen LogP contribution in [0.1, 0.15) is 33.1 Å². The Balaban J connectivity index is 2.70. The molecule has 1 aliphatic rings. The highest BCUT2D eigenvalue weighted by molar-refractivity contribution is 6.39. The lowest BCUT2D eigenvalue weighted by molar-refractivity contribution is -0.141. The van der Waals surface area contributed by atoms with Crippen molar-refractivity contribution in [2.75, 3.05) is 7.05 Å². The number of hydrogen-bond donors (Lipinski definition) is 2. The third-order valence-corrected chi connectivity index (χ3v) is 2.78. The van der Waals surface area contributed by atoms with Gasteiger partial charge in [-0.3, -0.25) is 9.59 Å². The van der Waals surface area contributed by atoms with Crippen molar-refractivity contribution in [1.29, 1.82) is 0 Å². The molecule has 2 amide bonds. The van der Waals surface area contributed by atoms with Crippen LogP contribution in [0.4, 0.5) is 0 Å². The van der Waals surface area contributed by atoms with Crippen LogP contribution in [0.25, 0.3) is 0 Å². The summed E-state index contributed by atoms with van der Waals surface area (Å²) in [6.07, 6.45) is 0.802. The number of carboxylic acid groups (broad SMARTS) is 1. The molecule has 0 spiro atoms. The van der Waals surface area contributed by atoms with Gasteiger partial charge in [0.1, 0.15) is 11.8 Å². The zero-order valence-corrected chi connectivity index (χ0v) is 11.3. The van der Waals surface area contributed by atoms with E-state index in [0.29, 0.717) is 6.42 Å². The summed E-state index contributed by atoms with van der Waals surface area (Å²) in [7, 11) is 1.47. The van der Waals surface area contributed by atoms with Gasteiger partial charge in [-0.25, -0.2) is 9.80 Å². The van der Waals surface area contributed by atoms with Crippen LogP contribution in [0, 0.1) is 5.92 Å². The molecule has 0 aliphatic carbocycles. The van der Waals surface area contributed by atoms with E-state index in [2.05, 4.69) is 10.4 Å². The lowest BCUT2D eigenvalue weighted by atomic mass is 10.0. The van der Waals surface area contributed by atoms with E-state index in [1.54, 1.807) is 0 Å². The molecule has 1 rings (SSSR count). The molecule has 1 atom stereocenters. The van der Waals surface area contributed by atoms with E-state index < -0.39 is 17.9 Å². The first kappa shape index (κ1) is 15.1. The maximum absolute atomic E-state index is 11.9. The van der Waals surface area contributed by atoms with Crippen LogP contribution in [0.2, 0.25) is 0 Å². The van der Waals surface area contributed by atoms with Gasteiger partial charge in [0.15, 0.2) is 0 Å². The number of carbonyl (C=O) groups is 3. The van der Waals surface area contributed by atoms with Crippen LogP contribution in [-0.2, 0) is 14.4 Å². The van der Waals surface area contributed by atoms with Crippen LogP contribution >= 0.6 is 0 Å². The fraction of sp³-hybridized carbons (Fsp3) is 0.667. The van der Waals surface area contributed by atoms with Crippen LogP contribution < -0.4 is 5.32 Å². The molecule has 106 valence electrons. The fourth-order valence-corrected chi connectivity index (χ4v) is 1.77. The molecule has 0 aromatic carbocycles. The van der Waals surface area contributed by atoms with Crippen molar-refractivity contribution >= 4 is 23.5 Å². The molecular formula is C12H19N3O4. The summed E-state index contributed by atoms with van der Waals surface area (Å²) in [5.41, 5.74) is 0.192. The molecule has 19 heavy (non-hydrogen) atoms. The van der Waals surface area contributed by atoms with E-state index in [-0.39, 0.29) is 30.4 Å². The van der Waals surface area contributed by atoms with Crippen LogP contribution in [-0.4, -0.2) is 46.7 Å². The van der Waals surface area contributed by atoms with Gasteiger partial charge in [-0.15, -0.1) is 0 Å². The smallest absolute Gasteiger partial charge is 0.326 e. The zero-order valence-electron chi connectivity index (χ0n) is 11.3. The lowest BCUT2D eigenvalue weighted by Crippen LogP contribution is -2.46. The van der Waals surface area contributed by atoms with E-state index in [1.165, 1.54) is 7.05 Å². The minimum absolute atomic E-state index is 0.152. The zero-order chi connectivity index (χ0) is 14.6. The summed E-state index contributed by atoms with van der Waals surface area (Å²) in [5, 5.41) is 16.4. The molecule has 1 heterocycles. The Bertz CT molecular complexity index is 417. The minimum atomic E-state index is -1.07. The van der Waals surface area contributed by atoms with E-state index in [9.17, 15) is 14.4 Å². The average Bonchev–Trinajstić information content (AvgIpc) is 2.31. The molecular weight excluding hydrogens is 250 g/mol. The Hall–Kier alpha value is -1.92.